The van der Waals surface area contributed by atoms with Crippen molar-refractivity contribution in [2.75, 3.05) is 12.8 Å². The number of rotatable bonds is 7. The van der Waals surface area contributed by atoms with E-state index in [1.54, 1.807) is 23.9 Å². The Morgan fingerprint density at radius 3 is 2.75 bits per heavy atom. The van der Waals surface area contributed by atoms with Gasteiger partial charge in [-0.25, -0.2) is 0 Å². The molecule has 1 atom stereocenters. The average Bonchev–Trinajstić information content (AvgIpc) is 2.43. The summed E-state index contributed by atoms with van der Waals surface area (Å²) in [6, 6.07) is 5.32. The van der Waals surface area contributed by atoms with Gasteiger partial charge in [0.15, 0.2) is 0 Å². The zero-order valence-corrected chi connectivity index (χ0v) is 13.1. The van der Waals surface area contributed by atoms with Crippen molar-refractivity contribution < 1.29 is 14.7 Å². The SMILES string of the molecule is CSc1ccc(Cl)c(C(=O)NCC(C)CCC(=O)O)c1. The average molecular weight is 316 g/mol. The minimum absolute atomic E-state index is 0.109. The summed E-state index contributed by atoms with van der Waals surface area (Å²) in [5.74, 6) is -0.940. The van der Waals surface area contributed by atoms with Crippen LogP contribution in [0, 0.1) is 5.92 Å². The number of nitrogens with one attached hydrogen (secondary N) is 1. The third-order valence-electron chi connectivity index (χ3n) is 2.88. The molecule has 0 bridgehead atoms. The zero-order chi connectivity index (χ0) is 15.1. The lowest BCUT2D eigenvalue weighted by atomic mass is 10.1. The second-order valence-electron chi connectivity index (χ2n) is 4.59. The highest BCUT2D eigenvalue weighted by atomic mass is 35.5. The van der Waals surface area contributed by atoms with Crippen LogP contribution in [0.5, 0.6) is 0 Å². The summed E-state index contributed by atoms with van der Waals surface area (Å²) in [7, 11) is 0. The number of carboxylic acid groups (broad SMARTS) is 1. The minimum atomic E-state index is -0.820. The van der Waals surface area contributed by atoms with Gasteiger partial charge in [0.1, 0.15) is 0 Å². The Balaban J connectivity index is 2.56. The molecule has 110 valence electrons. The number of hydrogen-bond acceptors (Lipinski definition) is 3. The van der Waals surface area contributed by atoms with E-state index in [0.29, 0.717) is 23.6 Å². The molecule has 1 amide bonds. The summed E-state index contributed by atoms with van der Waals surface area (Å²) in [5, 5.41) is 11.8. The first-order valence-electron chi connectivity index (χ1n) is 6.27. The molecule has 0 aromatic heterocycles. The first-order valence-corrected chi connectivity index (χ1v) is 7.87. The molecule has 0 heterocycles. The van der Waals surface area contributed by atoms with Crippen LogP contribution < -0.4 is 5.32 Å². The van der Waals surface area contributed by atoms with Crippen molar-refractivity contribution in [2.45, 2.75) is 24.7 Å². The maximum atomic E-state index is 12.1. The number of amides is 1. The number of benzene rings is 1. The topological polar surface area (TPSA) is 66.4 Å². The van der Waals surface area contributed by atoms with Crippen LogP contribution in [-0.4, -0.2) is 29.8 Å². The van der Waals surface area contributed by atoms with Gasteiger partial charge in [-0.3, -0.25) is 9.59 Å². The number of hydrogen-bond donors (Lipinski definition) is 2. The molecule has 0 spiro atoms. The van der Waals surface area contributed by atoms with E-state index in [9.17, 15) is 9.59 Å². The van der Waals surface area contributed by atoms with Gasteiger partial charge in [-0.2, -0.15) is 0 Å². The fourth-order valence-electron chi connectivity index (χ4n) is 1.64. The summed E-state index contributed by atoms with van der Waals surface area (Å²) >= 11 is 7.56. The van der Waals surface area contributed by atoms with E-state index in [1.807, 2.05) is 19.2 Å². The maximum absolute atomic E-state index is 12.1. The number of thioether (sulfide) groups is 1. The summed E-state index contributed by atoms with van der Waals surface area (Å²) < 4.78 is 0. The van der Waals surface area contributed by atoms with E-state index < -0.39 is 5.97 Å². The fourth-order valence-corrected chi connectivity index (χ4v) is 2.28. The van der Waals surface area contributed by atoms with Crippen molar-refractivity contribution in [3.63, 3.8) is 0 Å². The van der Waals surface area contributed by atoms with E-state index in [4.69, 9.17) is 16.7 Å². The fraction of sp³-hybridized carbons (Fsp3) is 0.429. The van der Waals surface area contributed by atoms with Gasteiger partial charge in [0.05, 0.1) is 10.6 Å². The van der Waals surface area contributed by atoms with Gasteiger partial charge in [0.25, 0.3) is 5.91 Å². The minimum Gasteiger partial charge on any atom is -0.481 e. The van der Waals surface area contributed by atoms with Crippen molar-refractivity contribution in [1.29, 1.82) is 0 Å². The molecule has 1 unspecified atom stereocenters. The van der Waals surface area contributed by atoms with Crippen LogP contribution in [0.15, 0.2) is 23.1 Å². The van der Waals surface area contributed by atoms with Crippen molar-refractivity contribution in [2.24, 2.45) is 5.92 Å². The van der Waals surface area contributed by atoms with Crippen LogP contribution in [0.1, 0.15) is 30.1 Å². The number of carbonyl (C=O) groups is 2. The first kappa shape index (κ1) is 16.9. The first-order chi connectivity index (χ1) is 9.43. The third kappa shape index (κ3) is 5.43. The third-order valence-corrected chi connectivity index (χ3v) is 3.94. The highest BCUT2D eigenvalue weighted by molar-refractivity contribution is 7.98. The number of aliphatic carboxylic acids is 1. The molecular formula is C14H18ClNO3S. The number of carboxylic acids is 1. The molecule has 6 heteroatoms. The molecule has 2 N–H and O–H groups in total. The second-order valence-corrected chi connectivity index (χ2v) is 5.88. The van der Waals surface area contributed by atoms with E-state index in [2.05, 4.69) is 5.32 Å². The van der Waals surface area contributed by atoms with E-state index in [1.165, 1.54) is 0 Å². The molecule has 0 saturated carbocycles. The smallest absolute Gasteiger partial charge is 0.303 e. The van der Waals surface area contributed by atoms with E-state index in [0.717, 1.165) is 4.90 Å². The lowest BCUT2D eigenvalue weighted by molar-refractivity contribution is -0.137. The lowest BCUT2D eigenvalue weighted by Gasteiger charge is -2.12. The number of carbonyl (C=O) groups excluding carboxylic acids is 1. The molecule has 1 rings (SSSR count). The van der Waals surface area contributed by atoms with Gasteiger partial charge in [-0.05, 0) is 36.8 Å². The molecule has 0 radical (unpaired) electrons. The summed E-state index contributed by atoms with van der Waals surface area (Å²) in [6.45, 7) is 2.34. The lowest BCUT2D eigenvalue weighted by Crippen LogP contribution is -2.28. The van der Waals surface area contributed by atoms with Crippen LogP contribution in [0.2, 0.25) is 5.02 Å². The van der Waals surface area contributed by atoms with Crippen LogP contribution >= 0.6 is 23.4 Å². The highest BCUT2D eigenvalue weighted by Gasteiger charge is 2.13. The molecule has 0 aliphatic carbocycles. The van der Waals surface area contributed by atoms with Gasteiger partial charge in [-0.15, -0.1) is 11.8 Å². The van der Waals surface area contributed by atoms with Crippen LogP contribution in [-0.2, 0) is 4.79 Å². The Labute approximate surface area is 127 Å². The molecule has 0 saturated heterocycles. The normalized spacial score (nSPS) is 11.9. The van der Waals surface area contributed by atoms with E-state index >= 15 is 0 Å². The molecular weight excluding hydrogens is 298 g/mol. The monoisotopic (exact) mass is 315 g/mol. The predicted molar refractivity (Wildman–Crippen MR) is 81.6 cm³/mol. The predicted octanol–water partition coefficient (Wildman–Crippen LogP) is 3.29. The molecule has 1 aromatic rings. The Morgan fingerprint density at radius 1 is 1.45 bits per heavy atom. The maximum Gasteiger partial charge on any atom is 0.303 e. The Kier molecular flexibility index (Phi) is 6.88. The summed E-state index contributed by atoms with van der Waals surface area (Å²) in [6.07, 6.45) is 2.58. The van der Waals surface area contributed by atoms with Gasteiger partial charge in [0, 0.05) is 17.9 Å². The van der Waals surface area contributed by atoms with Crippen molar-refractivity contribution in [3.8, 4) is 0 Å². The van der Waals surface area contributed by atoms with Gasteiger partial charge < -0.3 is 10.4 Å². The Bertz CT molecular complexity index is 493. The zero-order valence-electron chi connectivity index (χ0n) is 11.5. The van der Waals surface area contributed by atoms with Gasteiger partial charge >= 0.3 is 5.97 Å². The highest BCUT2D eigenvalue weighted by Crippen LogP contribution is 2.23. The van der Waals surface area contributed by atoms with Crippen LogP contribution in [0.25, 0.3) is 0 Å². The number of halogens is 1. The summed E-state index contributed by atoms with van der Waals surface area (Å²) in [5.41, 5.74) is 0.448. The van der Waals surface area contributed by atoms with Crippen molar-refractivity contribution in [1.82, 2.24) is 5.32 Å². The van der Waals surface area contributed by atoms with Crippen LogP contribution in [0.3, 0.4) is 0 Å². The molecule has 4 nitrogen and oxygen atoms in total. The van der Waals surface area contributed by atoms with Crippen LogP contribution in [0.4, 0.5) is 0 Å². The Hall–Kier alpha value is -1.20. The quantitative estimate of drug-likeness (QED) is 0.758. The van der Waals surface area contributed by atoms with Crippen molar-refractivity contribution in [3.05, 3.63) is 28.8 Å². The second kappa shape index (κ2) is 8.17. The van der Waals surface area contributed by atoms with E-state index in [-0.39, 0.29) is 18.2 Å². The standard InChI is InChI=1S/C14H18ClNO3S/c1-9(3-6-13(17)18)8-16-14(19)11-7-10(20-2)4-5-12(11)15/h4-5,7,9H,3,6,8H2,1-2H3,(H,16,19)(H,17,18). The van der Waals surface area contributed by atoms with Gasteiger partial charge in [-0.1, -0.05) is 18.5 Å². The molecule has 1 aromatic carbocycles. The largest absolute Gasteiger partial charge is 0.481 e. The molecule has 0 aliphatic heterocycles. The Morgan fingerprint density at radius 2 is 2.15 bits per heavy atom. The van der Waals surface area contributed by atoms with Gasteiger partial charge in [0.2, 0.25) is 0 Å². The molecule has 0 fully saturated rings. The van der Waals surface area contributed by atoms with Crippen molar-refractivity contribution >= 4 is 35.2 Å². The molecule has 0 aliphatic rings. The molecule has 20 heavy (non-hydrogen) atoms. The summed E-state index contributed by atoms with van der Waals surface area (Å²) in [4.78, 5) is 23.5.